The monoisotopic (exact) mass is 270 g/mol. The van der Waals surface area contributed by atoms with E-state index in [1.807, 2.05) is 34.0 Å². The Morgan fingerprint density at radius 2 is 2.15 bits per heavy atom. The molecular formula is C15H18N4O. The fraction of sp³-hybridized carbons (Fsp3) is 0.333. The molecule has 0 aliphatic carbocycles. The van der Waals surface area contributed by atoms with E-state index in [4.69, 9.17) is 5.73 Å². The second-order valence-corrected chi connectivity index (χ2v) is 5.12. The zero-order chi connectivity index (χ0) is 13.9. The molecule has 2 aromatic rings. The van der Waals surface area contributed by atoms with E-state index in [-0.39, 0.29) is 11.9 Å². The van der Waals surface area contributed by atoms with Crippen LogP contribution in [0.2, 0.25) is 0 Å². The van der Waals surface area contributed by atoms with Crippen LogP contribution in [0.3, 0.4) is 0 Å². The van der Waals surface area contributed by atoms with Gasteiger partial charge in [0.1, 0.15) is 0 Å². The van der Waals surface area contributed by atoms with Crippen molar-refractivity contribution in [2.24, 2.45) is 0 Å². The quantitative estimate of drug-likeness (QED) is 0.848. The van der Waals surface area contributed by atoms with Crippen LogP contribution in [0.4, 0.5) is 5.69 Å². The molecule has 1 unspecified atom stereocenters. The molecule has 0 saturated carbocycles. The number of para-hydroxylation sites is 1. The molecule has 0 radical (unpaired) electrons. The van der Waals surface area contributed by atoms with Gasteiger partial charge in [-0.05, 0) is 31.0 Å². The number of nitrogens with zero attached hydrogens (tertiary/aromatic N) is 3. The number of anilines is 1. The number of benzene rings is 1. The molecule has 1 aromatic heterocycles. The van der Waals surface area contributed by atoms with Crippen molar-refractivity contribution in [1.29, 1.82) is 0 Å². The predicted molar refractivity (Wildman–Crippen MR) is 77.3 cm³/mol. The van der Waals surface area contributed by atoms with Gasteiger partial charge in [0.25, 0.3) is 5.91 Å². The van der Waals surface area contributed by atoms with Crippen molar-refractivity contribution in [3.63, 3.8) is 0 Å². The van der Waals surface area contributed by atoms with Gasteiger partial charge in [0.05, 0.1) is 11.6 Å². The van der Waals surface area contributed by atoms with Crippen molar-refractivity contribution in [2.45, 2.75) is 18.9 Å². The van der Waals surface area contributed by atoms with Crippen molar-refractivity contribution < 1.29 is 4.79 Å². The number of rotatable bonds is 2. The largest absolute Gasteiger partial charge is 0.398 e. The number of nitrogen functional groups attached to an aromatic ring is 1. The molecule has 5 heteroatoms. The summed E-state index contributed by atoms with van der Waals surface area (Å²) in [5, 5.41) is 4.28. The molecule has 1 atom stereocenters. The number of piperidine rings is 1. The minimum atomic E-state index is 0.0138. The summed E-state index contributed by atoms with van der Waals surface area (Å²) in [5.74, 6) is 0.0138. The molecule has 104 valence electrons. The highest BCUT2D eigenvalue weighted by Crippen LogP contribution is 2.23. The lowest BCUT2D eigenvalue weighted by Crippen LogP contribution is -2.41. The van der Waals surface area contributed by atoms with Gasteiger partial charge in [-0.25, -0.2) is 0 Å². The predicted octanol–water partition coefficient (Wildman–Crippen LogP) is 1.94. The SMILES string of the molecule is Nc1ccccc1C(=O)N1CCCC(n2cccn2)C1. The molecule has 3 rings (SSSR count). The topological polar surface area (TPSA) is 64.2 Å². The molecule has 0 spiro atoms. The lowest BCUT2D eigenvalue weighted by Gasteiger charge is -2.33. The van der Waals surface area contributed by atoms with Gasteiger partial charge in [-0.2, -0.15) is 5.10 Å². The Balaban J connectivity index is 1.77. The van der Waals surface area contributed by atoms with Crippen LogP contribution in [0, 0.1) is 0 Å². The Kier molecular flexibility index (Phi) is 3.41. The van der Waals surface area contributed by atoms with E-state index >= 15 is 0 Å². The van der Waals surface area contributed by atoms with Crippen LogP contribution in [-0.4, -0.2) is 33.7 Å². The van der Waals surface area contributed by atoms with Crippen LogP contribution < -0.4 is 5.73 Å². The molecule has 5 nitrogen and oxygen atoms in total. The first kappa shape index (κ1) is 12.7. The van der Waals surface area contributed by atoms with Crippen LogP contribution in [0.5, 0.6) is 0 Å². The number of amides is 1. The average Bonchev–Trinajstić information content (AvgIpc) is 3.01. The third kappa shape index (κ3) is 2.39. The zero-order valence-corrected chi connectivity index (χ0v) is 11.3. The normalized spacial score (nSPS) is 19.0. The molecule has 1 amide bonds. The fourth-order valence-corrected chi connectivity index (χ4v) is 2.71. The number of hydrogen-bond donors (Lipinski definition) is 1. The second kappa shape index (κ2) is 5.36. The molecule has 1 aliphatic rings. The highest BCUT2D eigenvalue weighted by atomic mass is 16.2. The fourth-order valence-electron chi connectivity index (χ4n) is 2.71. The van der Waals surface area contributed by atoms with Gasteiger partial charge in [0.2, 0.25) is 0 Å². The Hall–Kier alpha value is -2.30. The minimum absolute atomic E-state index is 0.0138. The maximum Gasteiger partial charge on any atom is 0.256 e. The summed E-state index contributed by atoms with van der Waals surface area (Å²) >= 11 is 0. The first-order valence-electron chi connectivity index (χ1n) is 6.88. The zero-order valence-electron chi connectivity index (χ0n) is 11.3. The Labute approximate surface area is 118 Å². The van der Waals surface area contributed by atoms with Crippen molar-refractivity contribution in [3.05, 3.63) is 48.3 Å². The Bertz CT molecular complexity index is 594. The molecule has 1 aliphatic heterocycles. The van der Waals surface area contributed by atoms with Crippen molar-refractivity contribution in [1.82, 2.24) is 14.7 Å². The molecule has 1 saturated heterocycles. The smallest absolute Gasteiger partial charge is 0.256 e. The first-order chi connectivity index (χ1) is 9.75. The average molecular weight is 270 g/mol. The lowest BCUT2D eigenvalue weighted by atomic mass is 10.0. The van der Waals surface area contributed by atoms with Crippen LogP contribution in [0.25, 0.3) is 0 Å². The van der Waals surface area contributed by atoms with Gasteiger partial charge in [-0.15, -0.1) is 0 Å². The van der Waals surface area contributed by atoms with E-state index in [9.17, 15) is 4.79 Å². The highest BCUT2D eigenvalue weighted by molar-refractivity contribution is 5.99. The van der Waals surface area contributed by atoms with E-state index < -0.39 is 0 Å². The van der Waals surface area contributed by atoms with Gasteiger partial charge in [0, 0.05) is 31.2 Å². The molecule has 1 fully saturated rings. The van der Waals surface area contributed by atoms with Crippen LogP contribution >= 0.6 is 0 Å². The summed E-state index contributed by atoms with van der Waals surface area (Å²) in [4.78, 5) is 14.4. The Morgan fingerprint density at radius 1 is 1.30 bits per heavy atom. The van der Waals surface area contributed by atoms with Crippen molar-refractivity contribution >= 4 is 11.6 Å². The summed E-state index contributed by atoms with van der Waals surface area (Å²) in [6.45, 7) is 1.47. The molecule has 1 aromatic carbocycles. The number of hydrogen-bond acceptors (Lipinski definition) is 3. The molecule has 2 N–H and O–H groups in total. The van der Waals surface area contributed by atoms with E-state index in [2.05, 4.69) is 5.10 Å². The molecular weight excluding hydrogens is 252 g/mol. The summed E-state index contributed by atoms with van der Waals surface area (Å²) in [7, 11) is 0. The molecule has 20 heavy (non-hydrogen) atoms. The van der Waals surface area contributed by atoms with E-state index in [1.54, 1.807) is 18.3 Å². The van der Waals surface area contributed by atoms with E-state index in [1.165, 1.54) is 0 Å². The van der Waals surface area contributed by atoms with Gasteiger partial charge >= 0.3 is 0 Å². The van der Waals surface area contributed by atoms with Crippen molar-refractivity contribution in [2.75, 3.05) is 18.8 Å². The standard InChI is InChI=1S/C15H18N4O/c16-14-7-2-1-6-13(14)15(20)18-9-3-5-12(11-18)19-10-4-8-17-19/h1-2,4,6-8,10,12H,3,5,9,11,16H2. The highest BCUT2D eigenvalue weighted by Gasteiger charge is 2.26. The lowest BCUT2D eigenvalue weighted by molar-refractivity contribution is 0.0674. The van der Waals surface area contributed by atoms with Crippen LogP contribution in [-0.2, 0) is 0 Å². The summed E-state index contributed by atoms with van der Waals surface area (Å²) in [6.07, 6.45) is 5.77. The van der Waals surface area contributed by atoms with E-state index in [0.717, 1.165) is 19.4 Å². The van der Waals surface area contributed by atoms with Gasteiger partial charge in [-0.3, -0.25) is 9.48 Å². The minimum Gasteiger partial charge on any atom is -0.398 e. The summed E-state index contributed by atoms with van der Waals surface area (Å²) < 4.78 is 1.94. The first-order valence-corrected chi connectivity index (χ1v) is 6.88. The molecule has 0 bridgehead atoms. The maximum absolute atomic E-state index is 12.6. The van der Waals surface area contributed by atoms with Gasteiger partial charge < -0.3 is 10.6 Å². The summed E-state index contributed by atoms with van der Waals surface area (Å²) in [5.41, 5.74) is 7.02. The third-order valence-corrected chi connectivity index (χ3v) is 3.77. The number of carbonyl (C=O) groups is 1. The van der Waals surface area contributed by atoms with Gasteiger partial charge in [-0.1, -0.05) is 12.1 Å². The number of likely N-dealkylation sites (tertiary alicyclic amines) is 1. The summed E-state index contributed by atoms with van der Waals surface area (Å²) in [6, 6.07) is 9.41. The van der Waals surface area contributed by atoms with Gasteiger partial charge in [0.15, 0.2) is 0 Å². The Morgan fingerprint density at radius 3 is 2.90 bits per heavy atom. The third-order valence-electron chi connectivity index (χ3n) is 3.77. The maximum atomic E-state index is 12.6. The van der Waals surface area contributed by atoms with Crippen LogP contribution in [0.1, 0.15) is 29.2 Å². The van der Waals surface area contributed by atoms with E-state index in [0.29, 0.717) is 17.8 Å². The number of carbonyl (C=O) groups excluding carboxylic acids is 1. The second-order valence-electron chi connectivity index (χ2n) is 5.12. The van der Waals surface area contributed by atoms with Crippen LogP contribution in [0.15, 0.2) is 42.7 Å². The number of nitrogens with two attached hydrogens (primary N) is 1. The van der Waals surface area contributed by atoms with Crippen molar-refractivity contribution in [3.8, 4) is 0 Å². The molecule has 2 heterocycles. The number of aromatic nitrogens is 2.